The van der Waals surface area contributed by atoms with E-state index >= 15 is 0 Å². The summed E-state index contributed by atoms with van der Waals surface area (Å²) in [7, 11) is -3.83. The molecule has 1 aromatic carbocycles. The van der Waals surface area contributed by atoms with Crippen LogP contribution in [-0.2, 0) is 19.8 Å². The van der Waals surface area contributed by atoms with Crippen LogP contribution < -0.4 is 14.9 Å². The van der Waals surface area contributed by atoms with Crippen molar-refractivity contribution < 1.29 is 22.4 Å². The van der Waals surface area contributed by atoms with Crippen LogP contribution in [0.15, 0.2) is 42.7 Å². The summed E-state index contributed by atoms with van der Waals surface area (Å²) in [6.07, 6.45) is 6.90. The summed E-state index contributed by atoms with van der Waals surface area (Å²) in [5.74, 6) is -1.96. The molecule has 9 nitrogen and oxygen atoms in total. The van der Waals surface area contributed by atoms with Crippen molar-refractivity contribution in [3.05, 3.63) is 59.1 Å². The highest BCUT2D eigenvalue weighted by molar-refractivity contribution is 7.87. The second-order valence-electron chi connectivity index (χ2n) is 8.62. The Labute approximate surface area is 208 Å². The van der Waals surface area contributed by atoms with Crippen LogP contribution in [0.1, 0.15) is 43.7 Å². The minimum Gasteiger partial charge on any atom is -0.351 e. The van der Waals surface area contributed by atoms with E-state index in [1.54, 1.807) is 24.3 Å². The number of nitrogens with zero attached hydrogens (tertiary/aromatic N) is 3. The molecule has 1 saturated heterocycles. The number of carbonyl (C=O) groups excluding carboxylic acids is 2. The van der Waals surface area contributed by atoms with Crippen molar-refractivity contribution in [2.75, 3.05) is 24.5 Å². The first kappa shape index (κ1) is 25.5. The third-order valence-corrected chi connectivity index (χ3v) is 7.95. The maximum absolute atomic E-state index is 14.2. The molecule has 2 aromatic rings. The molecule has 2 N–H and O–H groups in total. The third kappa shape index (κ3) is 6.35. The maximum atomic E-state index is 14.2. The Morgan fingerprint density at radius 2 is 1.89 bits per heavy atom. The SMILES string of the molecule is O=C(NC1CCCCC1)C(c1ccccc1Cl)N(C(=O)CNS(=O)(=O)N1CC1)c1cncc(F)c1. The number of hydrogen-bond acceptors (Lipinski definition) is 5. The zero-order valence-electron chi connectivity index (χ0n) is 19.0. The van der Waals surface area contributed by atoms with Crippen LogP contribution in [0, 0.1) is 5.82 Å². The molecule has 2 heterocycles. The summed E-state index contributed by atoms with van der Waals surface area (Å²) in [5, 5.41) is 3.25. The van der Waals surface area contributed by atoms with Gasteiger partial charge >= 0.3 is 0 Å². The first-order valence-electron chi connectivity index (χ1n) is 11.5. The molecule has 0 spiro atoms. The number of rotatable bonds is 9. The molecular weight excluding hydrogens is 497 g/mol. The van der Waals surface area contributed by atoms with Crippen LogP contribution in [0.4, 0.5) is 10.1 Å². The Morgan fingerprint density at radius 1 is 1.17 bits per heavy atom. The summed E-state index contributed by atoms with van der Waals surface area (Å²) >= 11 is 6.45. The highest BCUT2D eigenvalue weighted by Gasteiger charge is 2.37. The maximum Gasteiger partial charge on any atom is 0.280 e. The Morgan fingerprint density at radius 3 is 2.54 bits per heavy atom. The molecule has 2 amide bonds. The van der Waals surface area contributed by atoms with E-state index in [2.05, 4.69) is 15.0 Å². The van der Waals surface area contributed by atoms with Gasteiger partial charge in [-0.1, -0.05) is 49.1 Å². The number of hydrogen-bond donors (Lipinski definition) is 2. The van der Waals surface area contributed by atoms with Crippen LogP contribution in [0.3, 0.4) is 0 Å². The molecule has 2 fully saturated rings. The number of benzene rings is 1. The number of aromatic nitrogens is 1. The van der Waals surface area contributed by atoms with Crippen molar-refractivity contribution >= 4 is 39.3 Å². The Balaban J connectivity index is 1.71. The average molecular weight is 524 g/mol. The van der Waals surface area contributed by atoms with Crippen molar-refractivity contribution in [2.24, 2.45) is 0 Å². The van der Waals surface area contributed by atoms with Crippen molar-refractivity contribution in [1.82, 2.24) is 19.3 Å². The molecule has 188 valence electrons. The van der Waals surface area contributed by atoms with E-state index in [9.17, 15) is 22.4 Å². The number of anilines is 1. The lowest BCUT2D eigenvalue weighted by Crippen LogP contribution is -2.50. The van der Waals surface area contributed by atoms with Crippen molar-refractivity contribution in [2.45, 2.75) is 44.2 Å². The predicted octanol–water partition coefficient (Wildman–Crippen LogP) is 2.55. The van der Waals surface area contributed by atoms with E-state index in [4.69, 9.17) is 11.6 Å². The van der Waals surface area contributed by atoms with Gasteiger partial charge in [0.05, 0.1) is 24.6 Å². The highest BCUT2D eigenvalue weighted by Crippen LogP contribution is 2.33. The molecule has 0 radical (unpaired) electrons. The molecular formula is C23H27ClFN5O4S. The average Bonchev–Trinajstić information content (AvgIpc) is 3.69. The number of carbonyl (C=O) groups is 2. The first-order chi connectivity index (χ1) is 16.8. The van der Waals surface area contributed by atoms with E-state index in [0.717, 1.165) is 53.6 Å². The molecule has 4 rings (SSSR count). The molecule has 1 saturated carbocycles. The van der Waals surface area contributed by atoms with E-state index in [0.29, 0.717) is 18.7 Å². The zero-order valence-corrected chi connectivity index (χ0v) is 20.6. The lowest BCUT2D eigenvalue weighted by molar-refractivity contribution is -0.127. The van der Waals surface area contributed by atoms with Gasteiger partial charge in [-0.3, -0.25) is 19.5 Å². The van der Waals surface area contributed by atoms with Crippen molar-refractivity contribution in [3.8, 4) is 0 Å². The molecule has 12 heteroatoms. The molecule has 0 bridgehead atoms. The van der Waals surface area contributed by atoms with Gasteiger partial charge in [0.2, 0.25) is 11.8 Å². The molecule has 1 aromatic heterocycles. The molecule has 35 heavy (non-hydrogen) atoms. The van der Waals surface area contributed by atoms with Gasteiger partial charge in [-0.2, -0.15) is 17.4 Å². The topological polar surface area (TPSA) is 111 Å². The Kier molecular flexibility index (Phi) is 8.00. The minimum absolute atomic E-state index is 0.00430. The Bertz CT molecular complexity index is 1190. The summed E-state index contributed by atoms with van der Waals surface area (Å²) in [5.41, 5.74) is 0.332. The predicted molar refractivity (Wildman–Crippen MR) is 129 cm³/mol. The van der Waals surface area contributed by atoms with Gasteiger partial charge in [0.1, 0.15) is 11.9 Å². The standard InChI is InChI=1S/C23H27ClFN5O4S/c24-20-9-5-4-8-19(20)22(23(32)28-17-6-2-1-3-7-17)30(18-12-16(25)13-26-14-18)21(31)15-27-35(33,34)29-10-11-29/h4-5,8-9,12-14,17,22,27H,1-3,6-7,10-11,15H2,(H,28,32). The van der Waals surface area contributed by atoms with Gasteiger partial charge in [-0.15, -0.1) is 0 Å². The lowest BCUT2D eigenvalue weighted by Gasteiger charge is -2.33. The van der Waals surface area contributed by atoms with Crippen LogP contribution in [0.5, 0.6) is 0 Å². The molecule has 1 aliphatic carbocycles. The van der Waals surface area contributed by atoms with Gasteiger partial charge in [-0.25, -0.2) is 4.39 Å². The fourth-order valence-electron chi connectivity index (χ4n) is 4.20. The van der Waals surface area contributed by atoms with Crippen LogP contribution in [0.25, 0.3) is 0 Å². The van der Waals surface area contributed by atoms with Crippen LogP contribution in [-0.4, -0.2) is 55.2 Å². The van der Waals surface area contributed by atoms with E-state index in [1.165, 1.54) is 6.20 Å². The second-order valence-corrected chi connectivity index (χ2v) is 10.8. The molecule has 1 unspecified atom stereocenters. The molecule has 1 aliphatic heterocycles. The van der Waals surface area contributed by atoms with Gasteiger partial charge in [0.15, 0.2) is 0 Å². The van der Waals surface area contributed by atoms with Crippen molar-refractivity contribution in [3.63, 3.8) is 0 Å². The summed E-state index contributed by atoms with van der Waals surface area (Å²) in [6, 6.07) is 6.31. The van der Waals surface area contributed by atoms with E-state index < -0.39 is 40.4 Å². The van der Waals surface area contributed by atoms with Crippen LogP contribution in [0.2, 0.25) is 5.02 Å². The Hall–Kier alpha value is -2.60. The number of amides is 2. The van der Waals surface area contributed by atoms with Gasteiger partial charge in [0, 0.05) is 35.8 Å². The minimum atomic E-state index is -3.83. The molecule has 2 aliphatic rings. The van der Waals surface area contributed by atoms with Gasteiger partial charge in [-0.05, 0) is 18.9 Å². The highest BCUT2D eigenvalue weighted by atomic mass is 35.5. The summed E-state index contributed by atoms with van der Waals surface area (Å²) in [4.78, 5) is 32.0. The van der Waals surface area contributed by atoms with E-state index in [-0.39, 0.29) is 16.8 Å². The van der Waals surface area contributed by atoms with Gasteiger partial charge < -0.3 is 5.32 Å². The largest absolute Gasteiger partial charge is 0.351 e. The first-order valence-corrected chi connectivity index (χ1v) is 13.3. The van der Waals surface area contributed by atoms with E-state index in [1.807, 2.05) is 0 Å². The summed E-state index contributed by atoms with van der Waals surface area (Å²) in [6.45, 7) is 0.104. The third-order valence-electron chi connectivity index (χ3n) is 6.05. The molecule has 1 atom stereocenters. The number of nitrogens with one attached hydrogen (secondary N) is 2. The summed E-state index contributed by atoms with van der Waals surface area (Å²) < 4.78 is 42.1. The smallest absolute Gasteiger partial charge is 0.280 e. The fraction of sp³-hybridized carbons (Fsp3) is 0.435. The normalized spacial score (nSPS) is 17.5. The fourth-order valence-corrected chi connectivity index (χ4v) is 5.49. The zero-order chi connectivity index (χ0) is 25.0. The number of pyridine rings is 1. The van der Waals surface area contributed by atoms with Gasteiger partial charge in [0.25, 0.3) is 10.2 Å². The lowest BCUT2D eigenvalue weighted by atomic mass is 9.94. The number of halogens is 2. The van der Waals surface area contributed by atoms with Crippen LogP contribution >= 0.6 is 11.6 Å². The van der Waals surface area contributed by atoms with Crippen molar-refractivity contribution in [1.29, 1.82) is 0 Å². The quantitative estimate of drug-likeness (QED) is 0.491. The monoisotopic (exact) mass is 523 g/mol. The second kappa shape index (κ2) is 11.0.